The van der Waals surface area contributed by atoms with Gasteiger partial charge in [0.05, 0.1) is 6.04 Å². The third kappa shape index (κ3) is 4.68. The predicted octanol–water partition coefficient (Wildman–Crippen LogP) is 6.04. The van der Waals surface area contributed by atoms with E-state index in [1.165, 1.54) is 5.56 Å². The molecule has 1 atom stereocenters. The van der Waals surface area contributed by atoms with E-state index in [-0.39, 0.29) is 5.41 Å². The Morgan fingerprint density at radius 2 is 1.70 bits per heavy atom. The van der Waals surface area contributed by atoms with E-state index in [0.717, 1.165) is 16.6 Å². The average molecular weight is 332 g/mol. The number of hydrogen-bond donors (Lipinski definition) is 1. The largest absolute Gasteiger partial charge is 0.378 e. The minimum Gasteiger partial charge on any atom is -0.378 e. The van der Waals surface area contributed by atoms with E-state index >= 15 is 0 Å². The summed E-state index contributed by atoms with van der Waals surface area (Å²) in [6.45, 7) is 6.85. The van der Waals surface area contributed by atoms with Crippen molar-refractivity contribution in [2.75, 3.05) is 5.32 Å². The van der Waals surface area contributed by atoms with E-state index in [2.05, 4.69) is 90.5 Å². The molecule has 1 N–H and O–H groups in total. The summed E-state index contributed by atoms with van der Waals surface area (Å²) < 4.78 is 1.10. The van der Waals surface area contributed by atoms with Gasteiger partial charge in [0, 0.05) is 10.2 Å². The number of benzene rings is 2. The Morgan fingerprint density at radius 1 is 1.00 bits per heavy atom. The molecule has 0 saturated carbocycles. The third-order valence-electron chi connectivity index (χ3n) is 3.18. The highest BCUT2D eigenvalue weighted by Crippen LogP contribution is 2.32. The monoisotopic (exact) mass is 331 g/mol. The maximum absolute atomic E-state index is 3.66. The summed E-state index contributed by atoms with van der Waals surface area (Å²) in [7, 11) is 0. The maximum Gasteiger partial charge on any atom is 0.0518 e. The molecule has 0 aliphatic heterocycles. The Kier molecular flexibility index (Phi) is 4.87. The maximum atomic E-state index is 3.66. The first kappa shape index (κ1) is 15.1. The fraction of sp³-hybridized carbons (Fsp3) is 0.333. The van der Waals surface area contributed by atoms with Crippen LogP contribution in [0.4, 0.5) is 5.69 Å². The molecule has 106 valence electrons. The van der Waals surface area contributed by atoms with Gasteiger partial charge >= 0.3 is 0 Å². The lowest BCUT2D eigenvalue weighted by atomic mass is 9.85. The van der Waals surface area contributed by atoms with Gasteiger partial charge in [-0.1, -0.05) is 73.1 Å². The van der Waals surface area contributed by atoms with Crippen molar-refractivity contribution in [1.82, 2.24) is 0 Å². The van der Waals surface area contributed by atoms with E-state index < -0.39 is 0 Å². The van der Waals surface area contributed by atoms with Crippen molar-refractivity contribution in [2.45, 2.75) is 33.2 Å². The van der Waals surface area contributed by atoms with E-state index in [4.69, 9.17) is 0 Å². The molecule has 0 aliphatic rings. The Bertz CT molecular complexity index is 543. The van der Waals surface area contributed by atoms with Crippen molar-refractivity contribution in [3.05, 3.63) is 64.6 Å². The van der Waals surface area contributed by atoms with E-state index in [1.54, 1.807) is 0 Å². The Balaban J connectivity index is 2.23. The first-order valence-electron chi connectivity index (χ1n) is 7.01. The minimum absolute atomic E-state index is 0.277. The second-order valence-corrected chi connectivity index (χ2v) is 7.30. The quantitative estimate of drug-likeness (QED) is 0.720. The molecule has 0 fully saturated rings. The van der Waals surface area contributed by atoms with Gasteiger partial charge in [-0.15, -0.1) is 0 Å². The van der Waals surface area contributed by atoms with Gasteiger partial charge in [-0.25, -0.2) is 0 Å². The van der Waals surface area contributed by atoms with Crippen LogP contribution >= 0.6 is 15.9 Å². The van der Waals surface area contributed by atoms with Crippen LogP contribution < -0.4 is 5.32 Å². The van der Waals surface area contributed by atoms with Gasteiger partial charge < -0.3 is 5.32 Å². The zero-order valence-electron chi connectivity index (χ0n) is 12.4. The van der Waals surface area contributed by atoms with Crippen LogP contribution in [0.2, 0.25) is 0 Å². The predicted molar refractivity (Wildman–Crippen MR) is 91.0 cm³/mol. The second-order valence-electron chi connectivity index (χ2n) is 6.38. The number of hydrogen-bond acceptors (Lipinski definition) is 1. The Labute approximate surface area is 130 Å². The molecule has 2 heteroatoms. The van der Waals surface area contributed by atoms with Gasteiger partial charge in [0.15, 0.2) is 0 Å². The highest BCUT2D eigenvalue weighted by Gasteiger charge is 2.20. The number of nitrogens with one attached hydrogen (secondary N) is 1. The summed E-state index contributed by atoms with van der Waals surface area (Å²) in [4.78, 5) is 0. The zero-order valence-corrected chi connectivity index (χ0v) is 13.9. The lowest BCUT2D eigenvalue weighted by Crippen LogP contribution is -2.18. The molecule has 0 aromatic heterocycles. The van der Waals surface area contributed by atoms with Crippen molar-refractivity contribution < 1.29 is 0 Å². The van der Waals surface area contributed by atoms with Crippen LogP contribution in [0.5, 0.6) is 0 Å². The Hall–Kier alpha value is -1.28. The van der Waals surface area contributed by atoms with E-state index in [0.29, 0.717) is 6.04 Å². The number of anilines is 1. The van der Waals surface area contributed by atoms with Crippen LogP contribution in [0, 0.1) is 5.41 Å². The molecule has 20 heavy (non-hydrogen) atoms. The standard InChI is InChI=1S/C18H22BrN/c1-18(2,3)13-17(14-8-5-4-6-9-14)20-16-11-7-10-15(19)12-16/h4-12,17,20H,13H2,1-3H3. The molecule has 0 saturated heterocycles. The van der Waals surface area contributed by atoms with Gasteiger partial charge in [-0.05, 0) is 35.6 Å². The van der Waals surface area contributed by atoms with Crippen LogP contribution in [-0.4, -0.2) is 0 Å². The minimum atomic E-state index is 0.277. The summed E-state index contributed by atoms with van der Waals surface area (Å²) in [5, 5.41) is 3.66. The van der Waals surface area contributed by atoms with Crippen molar-refractivity contribution in [3.63, 3.8) is 0 Å². The lowest BCUT2D eigenvalue weighted by molar-refractivity contribution is 0.352. The van der Waals surface area contributed by atoms with Crippen LogP contribution in [0.1, 0.15) is 38.8 Å². The van der Waals surface area contributed by atoms with Crippen LogP contribution in [0.15, 0.2) is 59.1 Å². The van der Waals surface area contributed by atoms with Gasteiger partial charge in [0.2, 0.25) is 0 Å². The smallest absolute Gasteiger partial charge is 0.0518 e. The number of rotatable bonds is 4. The van der Waals surface area contributed by atoms with Crippen LogP contribution in [-0.2, 0) is 0 Å². The molecular weight excluding hydrogens is 310 g/mol. The molecule has 1 unspecified atom stereocenters. The summed E-state index contributed by atoms with van der Waals surface area (Å²) in [6.07, 6.45) is 1.09. The first-order valence-corrected chi connectivity index (χ1v) is 7.80. The molecule has 0 spiro atoms. The molecular formula is C18H22BrN. The van der Waals surface area contributed by atoms with Crippen molar-refractivity contribution in [2.24, 2.45) is 5.41 Å². The van der Waals surface area contributed by atoms with Crippen molar-refractivity contribution in [3.8, 4) is 0 Å². The fourth-order valence-electron chi connectivity index (χ4n) is 2.33. The molecule has 0 amide bonds. The highest BCUT2D eigenvalue weighted by molar-refractivity contribution is 9.10. The molecule has 2 aromatic rings. The summed E-state index contributed by atoms with van der Waals surface area (Å²) >= 11 is 3.53. The van der Waals surface area contributed by atoms with E-state index in [9.17, 15) is 0 Å². The molecule has 2 aromatic carbocycles. The Morgan fingerprint density at radius 3 is 2.30 bits per heavy atom. The molecule has 1 nitrogen and oxygen atoms in total. The molecule has 0 bridgehead atoms. The highest BCUT2D eigenvalue weighted by atomic mass is 79.9. The van der Waals surface area contributed by atoms with Crippen molar-refractivity contribution >= 4 is 21.6 Å². The first-order chi connectivity index (χ1) is 9.44. The van der Waals surface area contributed by atoms with E-state index in [1.807, 2.05) is 6.07 Å². The normalized spacial score (nSPS) is 13.0. The van der Waals surface area contributed by atoms with Gasteiger partial charge in [0.25, 0.3) is 0 Å². The summed E-state index contributed by atoms with van der Waals surface area (Å²) in [6, 6.07) is 19.3. The lowest BCUT2D eigenvalue weighted by Gasteiger charge is -2.28. The zero-order chi connectivity index (χ0) is 14.6. The average Bonchev–Trinajstić information content (AvgIpc) is 2.37. The number of halogens is 1. The summed E-state index contributed by atoms with van der Waals surface area (Å²) in [5.41, 5.74) is 2.76. The third-order valence-corrected chi connectivity index (χ3v) is 3.68. The van der Waals surface area contributed by atoms with Crippen molar-refractivity contribution in [1.29, 1.82) is 0 Å². The van der Waals surface area contributed by atoms with Crippen LogP contribution in [0.25, 0.3) is 0 Å². The molecule has 2 rings (SSSR count). The fourth-order valence-corrected chi connectivity index (χ4v) is 2.73. The topological polar surface area (TPSA) is 12.0 Å². The molecule has 0 radical (unpaired) electrons. The van der Waals surface area contributed by atoms with Gasteiger partial charge in [0.1, 0.15) is 0 Å². The van der Waals surface area contributed by atoms with Crippen LogP contribution in [0.3, 0.4) is 0 Å². The SMILES string of the molecule is CC(C)(C)CC(Nc1cccc(Br)c1)c1ccccc1. The van der Waals surface area contributed by atoms with Gasteiger partial charge in [-0.2, -0.15) is 0 Å². The van der Waals surface area contributed by atoms with Gasteiger partial charge in [-0.3, -0.25) is 0 Å². The molecule has 0 aliphatic carbocycles. The molecule has 0 heterocycles. The second kappa shape index (κ2) is 6.45. The summed E-state index contributed by atoms with van der Waals surface area (Å²) in [5.74, 6) is 0.